The van der Waals surface area contributed by atoms with Crippen molar-refractivity contribution in [1.29, 1.82) is 0 Å². The van der Waals surface area contributed by atoms with Gasteiger partial charge in [-0.05, 0) is 48.6 Å². The minimum atomic E-state index is -0.162. The lowest BCUT2D eigenvalue weighted by atomic mass is 9.95. The zero-order valence-corrected chi connectivity index (χ0v) is 18.4. The van der Waals surface area contributed by atoms with E-state index in [9.17, 15) is 9.59 Å². The number of anilines is 1. The molecule has 4 heteroatoms. The van der Waals surface area contributed by atoms with Crippen LogP contribution in [0.2, 0.25) is 0 Å². The number of nitrogens with one attached hydrogen (secondary N) is 1. The molecule has 0 radical (unpaired) electrons. The summed E-state index contributed by atoms with van der Waals surface area (Å²) in [4.78, 5) is 28.1. The van der Waals surface area contributed by atoms with E-state index in [1.165, 1.54) is 12.0 Å². The van der Waals surface area contributed by atoms with Crippen LogP contribution in [0.1, 0.15) is 53.6 Å². The minimum Gasteiger partial charge on any atom is -0.352 e. The Bertz CT molecular complexity index is 1030. The lowest BCUT2D eigenvalue weighted by Gasteiger charge is -2.27. The van der Waals surface area contributed by atoms with Crippen molar-refractivity contribution in [3.8, 4) is 0 Å². The number of carbonyl (C=O) groups is 2. The highest BCUT2D eigenvalue weighted by atomic mass is 16.2. The van der Waals surface area contributed by atoms with E-state index >= 15 is 0 Å². The second-order valence-electron chi connectivity index (χ2n) is 8.45. The molecule has 1 N–H and O–H groups in total. The van der Waals surface area contributed by atoms with Crippen molar-refractivity contribution in [3.05, 3.63) is 102 Å². The van der Waals surface area contributed by atoms with Crippen LogP contribution < -0.4 is 10.2 Å². The molecule has 0 heterocycles. The van der Waals surface area contributed by atoms with Gasteiger partial charge in [0, 0.05) is 17.3 Å². The molecule has 32 heavy (non-hydrogen) atoms. The van der Waals surface area contributed by atoms with Gasteiger partial charge in [0.2, 0.25) is 5.91 Å². The molecule has 164 valence electrons. The predicted molar refractivity (Wildman–Crippen MR) is 129 cm³/mol. The average Bonchev–Trinajstić information content (AvgIpc) is 2.84. The van der Waals surface area contributed by atoms with Gasteiger partial charge in [-0.25, -0.2) is 0 Å². The van der Waals surface area contributed by atoms with Crippen molar-refractivity contribution >= 4 is 17.5 Å². The van der Waals surface area contributed by atoms with Gasteiger partial charge in [0.15, 0.2) is 0 Å². The maximum absolute atomic E-state index is 13.5. The second-order valence-corrected chi connectivity index (χ2v) is 8.45. The highest BCUT2D eigenvalue weighted by molar-refractivity contribution is 6.09. The molecule has 2 amide bonds. The lowest BCUT2D eigenvalue weighted by Crippen LogP contribution is -2.45. The van der Waals surface area contributed by atoms with Gasteiger partial charge in [-0.3, -0.25) is 14.5 Å². The van der Waals surface area contributed by atoms with E-state index < -0.39 is 0 Å². The van der Waals surface area contributed by atoms with Gasteiger partial charge in [0.25, 0.3) is 5.91 Å². The first-order chi connectivity index (χ1) is 15.7. The van der Waals surface area contributed by atoms with Crippen LogP contribution in [-0.4, -0.2) is 24.4 Å². The van der Waals surface area contributed by atoms with Gasteiger partial charge >= 0.3 is 0 Å². The van der Waals surface area contributed by atoms with Crippen molar-refractivity contribution in [1.82, 2.24) is 5.32 Å². The van der Waals surface area contributed by atoms with E-state index in [1.807, 2.05) is 60.7 Å². The molecule has 4 rings (SSSR count). The van der Waals surface area contributed by atoms with Crippen molar-refractivity contribution < 1.29 is 9.59 Å². The summed E-state index contributed by atoms with van der Waals surface area (Å²) in [5, 5.41) is 3.16. The Morgan fingerprint density at radius 3 is 2.12 bits per heavy atom. The summed E-state index contributed by atoms with van der Waals surface area (Å²) in [6, 6.07) is 27.5. The largest absolute Gasteiger partial charge is 0.352 e. The molecular weight excluding hydrogens is 396 g/mol. The molecular formula is C28H30N2O2. The molecule has 0 aromatic heterocycles. The molecule has 3 aromatic rings. The van der Waals surface area contributed by atoms with E-state index in [4.69, 9.17) is 0 Å². The summed E-state index contributed by atoms with van der Waals surface area (Å²) < 4.78 is 0. The Morgan fingerprint density at radius 2 is 1.41 bits per heavy atom. The van der Waals surface area contributed by atoms with Crippen LogP contribution in [0.25, 0.3) is 0 Å². The number of hydrogen-bond donors (Lipinski definition) is 1. The highest BCUT2D eigenvalue weighted by Gasteiger charge is 2.24. The van der Waals surface area contributed by atoms with Crippen LogP contribution in [0.3, 0.4) is 0 Å². The molecule has 0 aliphatic heterocycles. The molecule has 1 aliphatic rings. The summed E-state index contributed by atoms with van der Waals surface area (Å²) in [7, 11) is 0. The lowest BCUT2D eigenvalue weighted by molar-refractivity contribution is -0.120. The van der Waals surface area contributed by atoms with Crippen molar-refractivity contribution in [2.75, 3.05) is 11.4 Å². The van der Waals surface area contributed by atoms with Crippen LogP contribution in [0, 0.1) is 0 Å². The van der Waals surface area contributed by atoms with Gasteiger partial charge in [-0.15, -0.1) is 0 Å². The smallest absolute Gasteiger partial charge is 0.258 e. The van der Waals surface area contributed by atoms with E-state index in [0.717, 1.165) is 36.9 Å². The van der Waals surface area contributed by atoms with Crippen molar-refractivity contribution in [3.63, 3.8) is 0 Å². The summed E-state index contributed by atoms with van der Waals surface area (Å²) >= 11 is 0. The monoisotopic (exact) mass is 426 g/mol. The van der Waals surface area contributed by atoms with Crippen molar-refractivity contribution in [2.45, 2.75) is 44.6 Å². The highest BCUT2D eigenvalue weighted by Crippen LogP contribution is 2.25. The molecule has 0 atom stereocenters. The van der Waals surface area contributed by atoms with Crippen LogP contribution >= 0.6 is 0 Å². The Kier molecular flexibility index (Phi) is 7.34. The third-order valence-electron chi connectivity index (χ3n) is 6.06. The van der Waals surface area contributed by atoms with E-state index in [1.54, 1.807) is 17.0 Å². The first kappa shape index (κ1) is 21.8. The van der Waals surface area contributed by atoms with Gasteiger partial charge in [0.05, 0.1) is 0 Å². The fraction of sp³-hybridized carbons (Fsp3) is 0.286. The van der Waals surface area contributed by atoms with E-state index in [-0.39, 0.29) is 24.4 Å². The van der Waals surface area contributed by atoms with Gasteiger partial charge in [-0.1, -0.05) is 86.0 Å². The normalized spacial score (nSPS) is 14.0. The van der Waals surface area contributed by atoms with Crippen LogP contribution in [-0.2, 0) is 11.2 Å². The first-order valence-corrected chi connectivity index (χ1v) is 11.5. The van der Waals surface area contributed by atoms with Gasteiger partial charge in [-0.2, -0.15) is 0 Å². The van der Waals surface area contributed by atoms with E-state index in [0.29, 0.717) is 12.0 Å². The summed E-state index contributed by atoms with van der Waals surface area (Å²) in [6.07, 6.45) is 6.26. The zero-order chi connectivity index (χ0) is 22.2. The van der Waals surface area contributed by atoms with Crippen molar-refractivity contribution in [2.24, 2.45) is 0 Å². The number of nitrogens with zero attached hydrogens (tertiary/aromatic N) is 1. The molecule has 1 fully saturated rings. The molecule has 1 saturated carbocycles. The number of hydrogen-bond acceptors (Lipinski definition) is 2. The number of carbonyl (C=O) groups excluding carboxylic acids is 2. The average molecular weight is 427 g/mol. The maximum Gasteiger partial charge on any atom is 0.258 e. The molecule has 0 saturated heterocycles. The summed E-state index contributed by atoms with van der Waals surface area (Å²) in [5.74, 6) is -0.263. The predicted octanol–water partition coefficient (Wildman–Crippen LogP) is 5.37. The molecule has 0 bridgehead atoms. The number of rotatable bonds is 7. The van der Waals surface area contributed by atoms with Gasteiger partial charge in [0.1, 0.15) is 6.54 Å². The number of para-hydroxylation sites is 1. The van der Waals surface area contributed by atoms with E-state index in [2.05, 4.69) is 17.4 Å². The summed E-state index contributed by atoms with van der Waals surface area (Å²) in [5.41, 5.74) is 3.55. The number of amides is 2. The van der Waals surface area contributed by atoms with Gasteiger partial charge < -0.3 is 5.32 Å². The van der Waals surface area contributed by atoms with Crippen LogP contribution in [0.4, 0.5) is 5.69 Å². The summed E-state index contributed by atoms with van der Waals surface area (Å²) in [6.45, 7) is 0.00995. The third kappa shape index (κ3) is 5.64. The Hall–Kier alpha value is -3.40. The molecule has 0 spiro atoms. The topological polar surface area (TPSA) is 49.4 Å². The second kappa shape index (κ2) is 10.8. The first-order valence-electron chi connectivity index (χ1n) is 11.5. The molecule has 4 nitrogen and oxygen atoms in total. The Balaban J connectivity index is 1.62. The quantitative estimate of drug-likeness (QED) is 0.552. The standard InChI is InChI=1S/C28H30N2O2/c31-27(29-25-17-8-3-9-18-25)21-30(28(32)23-14-6-2-7-15-23)26-19-11-10-16-24(26)20-22-12-4-1-5-13-22/h1-2,4-7,10-16,19,25H,3,8-9,17-18,20-21H2,(H,29,31). The van der Waals surface area contributed by atoms with Crippen LogP contribution in [0.5, 0.6) is 0 Å². The maximum atomic E-state index is 13.5. The van der Waals surface area contributed by atoms with Crippen LogP contribution in [0.15, 0.2) is 84.9 Å². The third-order valence-corrected chi connectivity index (χ3v) is 6.06. The zero-order valence-electron chi connectivity index (χ0n) is 18.4. The molecule has 0 unspecified atom stereocenters. The molecule has 1 aliphatic carbocycles. The number of benzene rings is 3. The fourth-order valence-electron chi connectivity index (χ4n) is 4.41. The molecule has 3 aromatic carbocycles. The fourth-order valence-corrected chi connectivity index (χ4v) is 4.41. The Labute approximate surface area is 190 Å². The minimum absolute atomic E-state index is 0.00995. The Morgan fingerprint density at radius 1 is 0.781 bits per heavy atom. The SMILES string of the molecule is O=C(CN(C(=O)c1ccccc1)c1ccccc1Cc1ccccc1)NC1CCCCC1.